The van der Waals surface area contributed by atoms with Crippen molar-refractivity contribution < 1.29 is 0 Å². The van der Waals surface area contributed by atoms with Crippen LogP contribution in [-0.4, -0.2) is 6.04 Å². The highest BCUT2D eigenvalue weighted by Gasteiger charge is 2.35. The Morgan fingerprint density at radius 1 is 1.50 bits per heavy atom. The van der Waals surface area contributed by atoms with Crippen LogP contribution in [0.3, 0.4) is 0 Å². The molecule has 1 fully saturated rings. The van der Waals surface area contributed by atoms with E-state index >= 15 is 0 Å². The van der Waals surface area contributed by atoms with E-state index in [0.717, 1.165) is 15.9 Å². The van der Waals surface area contributed by atoms with E-state index in [1.165, 1.54) is 5.56 Å². The molecule has 2 N–H and O–H groups in total. The van der Waals surface area contributed by atoms with E-state index in [2.05, 4.69) is 15.9 Å². The van der Waals surface area contributed by atoms with E-state index in [1.807, 2.05) is 18.2 Å². The summed E-state index contributed by atoms with van der Waals surface area (Å²) >= 11 is 9.29. The molecule has 0 unspecified atom stereocenters. The molecule has 0 spiro atoms. The molecule has 1 aliphatic carbocycles. The Labute approximate surface area is 85.0 Å². The van der Waals surface area contributed by atoms with Gasteiger partial charge in [-0.15, -0.1) is 0 Å². The molecular formula is C9H9BrClN. The first-order valence-electron chi connectivity index (χ1n) is 3.89. The third-order valence-electron chi connectivity index (χ3n) is 2.20. The van der Waals surface area contributed by atoms with E-state index in [1.54, 1.807) is 0 Å². The summed E-state index contributed by atoms with van der Waals surface area (Å²) in [5.74, 6) is 0.539. The van der Waals surface area contributed by atoms with E-state index in [9.17, 15) is 0 Å². The minimum absolute atomic E-state index is 0.350. The molecule has 12 heavy (non-hydrogen) atoms. The van der Waals surface area contributed by atoms with Gasteiger partial charge in [0, 0.05) is 21.5 Å². The van der Waals surface area contributed by atoms with Gasteiger partial charge in [0.1, 0.15) is 0 Å². The molecule has 0 aromatic heterocycles. The van der Waals surface area contributed by atoms with Crippen LogP contribution in [0.2, 0.25) is 5.02 Å². The van der Waals surface area contributed by atoms with E-state index in [-0.39, 0.29) is 0 Å². The normalized spacial score (nSPS) is 27.2. The van der Waals surface area contributed by atoms with E-state index in [0.29, 0.717) is 12.0 Å². The van der Waals surface area contributed by atoms with E-state index < -0.39 is 0 Å². The first-order chi connectivity index (χ1) is 5.68. The Morgan fingerprint density at radius 2 is 2.17 bits per heavy atom. The van der Waals surface area contributed by atoms with Crippen molar-refractivity contribution in [3.8, 4) is 0 Å². The second-order valence-electron chi connectivity index (χ2n) is 3.17. The van der Waals surface area contributed by atoms with Gasteiger partial charge in [0.25, 0.3) is 0 Å². The van der Waals surface area contributed by atoms with Crippen molar-refractivity contribution in [2.24, 2.45) is 5.73 Å². The number of rotatable bonds is 1. The SMILES string of the molecule is N[C@@H]1C[C@H]1c1ccc(Cl)cc1Br. The quantitative estimate of drug-likeness (QED) is 0.810. The summed E-state index contributed by atoms with van der Waals surface area (Å²) in [6.07, 6.45) is 1.10. The zero-order valence-electron chi connectivity index (χ0n) is 6.43. The molecule has 0 amide bonds. The second kappa shape index (κ2) is 3.02. The van der Waals surface area contributed by atoms with Crippen LogP contribution in [-0.2, 0) is 0 Å². The molecule has 0 bridgehead atoms. The number of benzene rings is 1. The first kappa shape index (κ1) is 8.54. The second-order valence-corrected chi connectivity index (χ2v) is 4.46. The number of halogens is 2. The zero-order valence-corrected chi connectivity index (χ0v) is 8.77. The number of nitrogens with two attached hydrogens (primary N) is 1. The number of hydrogen-bond acceptors (Lipinski definition) is 1. The summed E-state index contributed by atoms with van der Waals surface area (Å²) in [5.41, 5.74) is 7.04. The van der Waals surface area contributed by atoms with Crippen LogP contribution >= 0.6 is 27.5 Å². The highest BCUT2D eigenvalue weighted by molar-refractivity contribution is 9.10. The molecule has 0 saturated heterocycles. The lowest BCUT2D eigenvalue weighted by Gasteiger charge is -2.02. The van der Waals surface area contributed by atoms with Crippen LogP contribution in [0.5, 0.6) is 0 Å². The first-order valence-corrected chi connectivity index (χ1v) is 5.06. The van der Waals surface area contributed by atoms with Gasteiger partial charge in [-0.05, 0) is 24.1 Å². The van der Waals surface area contributed by atoms with Crippen molar-refractivity contribution in [1.82, 2.24) is 0 Å². The van der Waals surface area contributed by atoms with Crippen molar-refractivity contribution in [2.45, 2.75) is 18.4 Å². The van der Waals surface area contributed by atoms with Crippen LogP contribution in [0.15, 0.2) is 22.7 Å². The molecule has 2 atom stereocenters. The lowest BCUT2D eigenvalue weighted by molar-refractivity contribution is 0.986. The summed E-state index contributed by atoms with van der Waals surface area (Å²) in [5, 5.41) is 0.764. The molecule has 0 aliphatic heterocycles. The summed E-state index contributed by atoms with van der Waals surface area (Å²) in [4.78, 5) is 0. The molecule has 1 aliphatic rings. The molecule has 1 aromatic rings. The Balaban J connectivity index is 2.33. The van der Waals surface area contributed by atoms with Crippen molar-refractivity contribution in [1.29, 1.82) is 0 Å². The average molecular weight is 247 g/mol. The van der Waals surface area contributed by atoms with Crippen LogP contribution in [0.1, 0.15) is 17.9 Å². The predicted molar refractivity (Wildman–Crippen MR) is 54.5 cm³/mol. The van der Waals surface area contributed by atoms with Gasteiger partial charge in [-0.3, -0.25) is 0 Å². The topological polar surface area (TPSA) is 26.0 Å². The third kappa shape index (κ3) is 1.51. The highest BCUT2D eigenvalue weighted by atomic mass is 79.9. The summed E-state index contributed by atoms with van der Waals surface area (Å²) in [7, 11) is 0. The minimum atomic E-state index is 0.350. The molecule has 1 aromatic carbocycles. The molecule has 3 heteroatoms. The smallest absolute Gasteiger partial charge is 0.0417 e. The maximum absolute atomic E-state index is 5.82. The summed E-state index contributed by atoms with van der Waals surface area (Å²) in [6.45, 7) is 0. The van der Waals surface area contributed by atoms with Gasteiger partial charge in [0.05, 0.1) is 0 Å². The van der Waals surface area contributed by atoms with Gasteiger partial charge in [-0.1, -0.05) is 33.6 Å². The Hall–Kier alpha value is -0.0500. The predicted octanol–water partition coefficient (Wildman–Crippen LogP) is 2.92. The molecule has 0 heterocycles. The summed E-state index contributed by atoms with van der Waals surface area (Å²) < 4.78 is 1.08. The maximum atomic E-state index is 5.82. The molecule has 2 rings (SSSR count). The average Bonchev–Trinajstić information content (AvgIpc) is 2.66. The minimum Gasteiger partial charge on any atom is -0.327 e. The van der Waals surface area contributed by atoms with Gasteiger partial charge in [0.15, 0.2) is 0 Å². The lowest BCUT2D eigenvalue weighted by atomic mass is 10.1. The molecule has 64 valence electrons. The molecular weight excluding hydrogens is 237 g/mol. The highest BCUT2D eigenvalue weighted by Crippen LogP contribution is 2.42. The number of hydrogen-bond donors (Lipinski definition) is 1. The standard InChI is InChI=1S/C9H9BrClN/c10-8-3-5(11)1-2-6(8)7-4-9(7)12/h1-3,7,9H,4,12H2/t7-,9+/m0/s1. The van der Waals surface area contributed by atoms with Gasteiger partial charge in [-0.25, -0.2) is 0 Å². The van der Waals surface area contributed by atoms with Crippen LogP contribution in [0.4, 0.5) is 0 Å². The molecule has 1 nitrogen and oxygen atoms in total. The van der Waals surface area contributed by atoms with Crippen LogP contribution < -0.4 is 5.73 Å². The molecule has 1 saturated carbocycles. The van der Waals surface area contributed by atoms with Crippen molar-refractivity contribution >= 4 is 27.5 Å². The lowest BCUT2D eigenvalue weighted by Crippen LogP contribution is -2.01. The van der Waals surface area contributed by atoms with Gasteiger partial charge < -0.3 is 5.73 Å². The fourth-order valence-electron chi connectivity index (χ4n) is 1.37. The van der Waals surface area contributed by atoms with Gasteiger partial charge in [-0.2, -0.15) is 0 Å². The zero-order chi connectivity index (χ0) is 8.72. The fraction of sp³-hybridized carbons (Fsp3) is 0.333. The summed E-state index contributed by atoms with van der Waals surface area (Å²) in [6, 6.07) is 6.22. The largest absolute Gasteiger partial charge is 0.327 e. The van der Waals surface area contributed by atoms with Crippen LogP contribution in [0.25, 0.3) is 0 Å². The molecule has 0 radical (unpaired) electrons. The monoisotopic (exact) mass is 245 g/mol. The van der Waals surface area contributed by atoms with Crippen molar-refractivity contribution in [2.75, 3.05) is 0 Å². The maximum Gasteiger partial charge on any atom is 0.0417 e. The van der Waals surface area contributed by atoms with Gasteiger partial charge in [0.2, 0.25) is 0 Å². The fourth-order valence-corrected chi connectivity index (χ4v) is 2.35. The van der Waals surface area contributed by atoms with E-state index in [4.69, 9.17) is 17.3 Å². The Bertz CT molecular complexity index is 313. The van der Waals surface area contributed by atoms with Crippen molar-refractivity contribution in [3.63, 3.8) is 0 Å². The van der Waals surface area contributed by atoms with Crippen molar-refractivity contribution in [3.05, 3.63) is 33.3 Å². The third-order valence-corrected chi connectivity index (χ3v) is 3.12. The van der Waals surface area contributed by atoms with Crippen LogP contribution in [0, 0.1) is 0 Å². The Morgan fingerprint density at radius 3 is 2.67 bits per heavy atom. The Kier molecular flexibility index (Phi) is 2.15. The van der Waals surface area contributed by atoms with Gasteiger partial charge >= 0.3 is 0 Å².